The number of nitrogens with zero attached hydrogens (tertiary/aromatic N) is 1. The van der Waals surface area contributed by atoms with E-state index in [4.69, 9.17) is 4.74 Å². The molecule has 0 aromatic heterocycles. The molecule has 150 valence electrons. The van der Waals surface area contributed by atoms with Crippen LogP contribution in [0.25, 0.3) is 0 Å². The number of piperidine rings is 1. The first-order chi connectivity index (χ1) is 14.1. The number of benzene rings is 2. The maximum Gasteiger partial charge on any atom is 0.339 e. The Bertz CT molecular complexity index is 904. The largest absolute Gasteiger partial charge is 0.448 e. The number of cyclic esters (lactones) is 1. The fourth-order valence-corrected chi connectivity index (χ4v) is 3.96. The number of amides is 2. The Morgan fingerprint density at radius 1 is 1.00 bits per heavy atom. The molecular weight excluding hydrogens is 368 g/mol. The second-order valence-electron chi connectivity index (χ2n) is 7.56. The fraction of sp³-hybridized carbons (Fsp3) is 0.348. The van der Waals surface area contributed by atoms with Crippen LogP contribution in [0.2, 0.25) is 0 Å². The van der Waals surface area contributed by atoms with Crippen molar-refractivity contribution >= 4 is 17.8 Å². The minimum Gasteiger partial charge on any atom is -0.448 e. The third-order valence-electron chi connectivity index (χ3n) is 5.65. The van der Waals surface area contributed by atoms with Crippen molar-refractivity contribution in [2.75, 3.05) is 13.1 Å². The summed E-state index contributed by atoms with van der Waals surface area (Å²) in [6, 6.07) is 17.0. The predicted molar refractivity (Wildman–Crippen MR) is 107 cm³/mol. The van der Waals surface area contributed by atoms with Crippen molar-refractivity contribution in [3.05, 3.63) is 71.3 Å². The van der Waals surface area contributed by atoms with Gasteiger partial charge in [-0.15, -0.1) is 0 Å². The smallest absolute Gasteiger partial charge is 0.339 e. The van der Waals surface area contributed by atoms with E-state index in [9.17, 15) is 14.4 Å². The lowest BCUT2D eigenvalue weighted by Crippen LogP contribution is -2.49. The second-order valence-corrected chi connectivity index (χ2v) is 7.56. The van der Waals surface area contributed by atoms with Crippen molar-refractivity contribution in [2.24, 2.45) is 5.92 Å². The number of carbonyl (C=O) groups excluding carboxylic acids is 3. The van der Waals surface area contributed by atoms with Crippen molar-refractivity contribution in [3.8, 4) is 0 Å². The van der Waals surface area contributed by atoms with Gasteiger partial charge in [-0.05, 0) is 30.0 Å². The molecule has 1 saturated heterocycles. The van der Waals surface area contributed by atoms with Gasteiger partial charge in [0.05, 0.1) is 5.56 Å². The molecule has 2 heterocycles. The summed E-state index contributed by atoms with van der Waals surface area (Å²) in [5, 5.41) is 2.98. The van der Waals surface area contributed by atoms with Gasteiger partial charge in [-0.25, -0.2) is 4.79 Å². The molecule has 2 aliphatic heterocycles. The van der Waals surface area contributed by atoms with Gasteiger partial charge >= 0.3 is 5.97 Å². The van der Waals surface area contributed by atoms with E-state index in [0.717, 1.165) is 11.1 Å². The van der Waals surface area contributed by atoms with Crippen LogP contribution < -0.4 is 5.32 Å². The Balaban J connectivity index is 1.29. The van der Waals surface area contributed by atoms with Gasteiger partial charge in [0.2, 0.25) is 5.91 Å². The SMILES string of the molecule is O=C1O[C@H](C(=O)N2CCC(C(=O)NCc3ccccc3)CC2)Cc2ccccc21. The van der Waals surface area contributed by atoms with Gasteiger partial charge in [0, 0.05) is 32.0 Å². The highest BCUT2D eigenvalue weighted by molar-refractivity contribution is 5.95. The number of nitrogens with one attached hydrogen (secondary N) is 1. The molecule has 0 radical (unpaired) electrons. The van der Waals surface area contributed by atoms with Gasteiger partial charge in [0.15, 0.2) is 6.10 Å². The average Bonchev–Trinajstić information content (AvgIpc) is 2.78. The monoisotopic (exact) mass is 392 g/mol. The molecule has 29 heavy (non-hydrogen) atoms. The van der Waals surface area contributed by atoms with Crippen molar-refractivity contribution in [2.45, 2.75) is 31.9 Å². The first-order valence-corrected chi connectivity index (χ1v) is 10.0. The minimum atomic E-state index is -0.777. The van der Waals surface area contributed by atoms with E-state index in [1.54, 1.807) is 17.0 Å². The van der Waals surface area contributed by atoms with Crippen molar-refractivity contribution in [1.29, 1.82) is 0 Å². The number of ether oxygens (including phenoxy) is 1. The molecule has 4 rings (SSSR count). The highest BCUT2D eigenvalue weighted by Crippen LogP contribution is 2.24. The van der Waals surface area contributed by atoms with Crippen LogP contribution in [0.15, 0.2) is 54.6 Å². The van der Waals surface area contributed by atoms with Gasteiger partial charge in [-0.3, -0.25) is 9.59 Å². The second kappa shape index (κ2) is 8.47. The van der Waals surface area contributed by atoms with Crippen LogP contribution in [0, 0.1) is 5.92 Å². The number of likely N-dealkylation sites (tertiary alicyclic amines) is 1. The van der Waals surface area contributed by atoms with Crippen molar-refractivity contribution < 1.29 is 19.1 Å². The average molecular weight is 392 g/mol. The summed E-state index contributed by atoms with van der Waals surface area (Å²) in [5.41, 5.74) is 2.44. The normalized spacial score (nSPS) is 19.2. The molecule has 2 aromatic carbocycles. The lowest BCUT2D eigenvalue weighted by Gasteiger charge is -2.34. The van der Waals surface area contributed by atoms with Crippen LogP contribution in [-0.2, 0) is 27.3 Å². The summed E-state index contributed by atoms with van der Waals surface area (Å²) in [5.74, 6) is -0.687. The van der Waals surface area contributed by atoms with Crippen LogP contribution >= 0.6 is 0 Å². The standard InChI is InChI=1S/C23H24N2O4/c26-21(24-15-16-6-2-1-3-7-16)17-10-12-25(13-11-17)22(27)20-14-18-8-4-5-9-19(18)23(28)29-20/h1-9,17,20H,10-15H2,(H,24,26)/t20-/m0/s1. The molecule has 1 N–H and O–H groups in total. The maximum absolute atomic E-state index is 12.8. The number of hydrogen-bond acceptors (Lipinski definition) is 4. The van der Waals surface area contributed by atoms with Gasteiger partial charge in [-0.2, -0.15) is 0 Å². The number of hydrogen-bond donors (Lipinski definition) is 1. The van der Waals surface area contributed by atoms with E-state index >= 15 is 0 Å². The molecule has 6 nitrogen and oxygen atoms in total. The van der Waals surface area contributed by atoms with Crippen LogP contribution in [-0.4, -0.2) is 41.9 Å². The van der Waals surface area contributed by atoms with Crippen LogP contribution in [0.5, 0.6) is 0 Å². The summed E-state index contributed by atoms with van der Waals surface area (Å²) in [7, 11) is 0. The van der Waals surface area contributed by atoms with Crippen molar-refractivity contribution in [3.63, 3.8) is 0 Å². The van der Waals surface area contributed by atoms with Gasteiger partial charge in [0.1, 0.15) is 0 Å². The molecule has 0 aliphatic carbocycles. The van der Waals surface area contributed by atoms with E-state index in [1.807, 2.05) is 42.5 Å². The topological polar surface area (TPSA) is 75.7 Å². The molecule has 0 spiro atoms. The van der Waals surface area contributed by atoms with E-state index < -0.39 is 12.1 Å². The molecule has 1 fully saturated rings. The Morgan fingerprint density at radius 2 is 1.69 bits per heavy atom. The Labute approximate surface area is 169 Å². The third-order valence-corrected chi connectivity index (χ3v) is 5.65. The predicted octanol–water partition coefficient (Wildman–Crippen LogP) is 2.32. The summed E-state index contributed by atoms with van der Waals surface area (Å²) >= 11 is 0. The van der Waals surface area contributed by atoms with Crippen molar-refractivity contribution in [1.82, 2.24) is 10.2 Å². The van der Waals surface area contributed by atoms with Gasteiger partial charge in [0.25, 0.3) is 5.91 Å². The molecule has 1 atom stereocenters. The third kappa shape index (κ3) is 4.31. The lowest BCUT2D eigenvalue weighted by molar-refractivity contribution is -0.144. The van der Waals surface area contributed by atoms with E-state index in [0.29, 0.717) is 44.5 Å². The van der Waals surface area contributed by atoms with Crippen LogP contribution in [0.3, 0.4) is 0 Å². The molecule has 0 bridgehead atoms. The summed E-state index contributed by atoms with van der Waals surface area (Å²) in [6.07, 6.45) is 0.853. The number of fused-ring (bicyclic) bond motifs is 1. The summed E-state index contributed by atoms with van der Waals surface area (Å²) in [4.78, 5) is 39.2. The zero-order valence-electron chi connectivity index (χ0n) is 16.2. The van der Waals surface area contributed by atoms with Gasteiger partial charge in [-0.1, -0.05) is 48.5 Å². The number of esters is 1. The van der Waals surface area contributed by atoms with Crippen LogP contribution in [0.4, 0.5) is 0 Å². The highest BCUT2D eigenvalue weighted by Gasteiger charge is 2.36. The van der Waals surface area contributed by atoms with E-state index in [-0.39, 0.29) is 17.7 Å². The van der Waals surface area contributed by atoms with Gasteiger partial charge < -0.3 is 15.0 Å². The minimum absolute atomic E-state index is 0.0268. The van der Waals surface area contributed by atoms with E-state index in [2.05, 4.69) is 5.32 Å². The first kappa shape index (κ1) is 19.2. The lowest BCUT2D eigenvalue weighted by atomic mass is 9.94. The summed E-state index contributed by atoms with van der Waals surface area (Å²) in [6.45, 7) is 1.51. The zero-order valence-corrected chi connectivity index (χ0v) is 16.2. The molecule has 0 saturated carbocycles. The molecule has 6 heteroatoms. The Hall–Kier alpha value is -3.15. The molecular formula is C23H24N2O4. The Kier molecular flexibility index (Phi) is 5.60. The Morgan fingerprint density at radius 3 is 2.45 bits per heavy atom. The summed E-state index contributed by atoms with van der Waals surface area (Å²) < 4.78 is 5.38. The molecule has 2 aliphatic rings. The first-order valence-electron chi connectivity index (χ1n) is 10.0. The zero-order chi connectivity index (χ0) is 20.2. The highest BCUT2D eigenvalue weighted by atomic mass is 16.5. The molecule has 0 unspecified atom stereocenters. The van der Waals surface area contributed by atoms with Crippen LogP contribution in [0.1, 0.15) is 34.3 Å². The number of carbonyl (C=O) groups is 3. The van der Waals surface area contributed by atoms with E-state index in [1.165, 1.54) is 0 Å². The molecule has 2 aromatic rings. The molecule has 2 amide bonds. The number of rotatable bonds is 4. The quantitative estimate of drug-likeness (QED) is 0.811. The fourth-order valence-electron chi connectivity index (χ4n) is 3.96. The maximum atomic E-state index is 12.8.